The van der Waals surface area contributed by atoms with Crippen molar-refractivity contribution in [1.82, 2.24) is 0 Å². The molecule has 0 bridgehead atoms. The van der Waals surface area contributed by atoms with Crippen LogP contribution >= 0.6 is 0 Å². The van der Waals surface area contributed by atoms with Crippen LogP contribution in [0.15, 0.2) is 60.7 Å². The normalized spacial score (nSPS) is 11.1. The molecular weight excluding hydrogens is 320 g/mol. The highest BCUT2D eigenvalue weighted by Gasteiger charge is 2.14. The van der Waals surface area contributed by atoms with Crippen molar-refractivity contribution in [1.29, 1.82) is 0 Å². The van der Waals surface area contributed by atoms with Crippen molar-refractivity contribution in [2.75, 3.05) is 14.2 Å². The molecule has 0 unspecified atom stereocenters. The van der Waals surface area contributed by atoms with Gasteiger partial charge in [-0.25, -0.2) is 0 Å². The van der Waals surface area contributed by atoms with Crippen LogP contribution < -0.4 is 9.47 Å². The van der Waals surface area contributed by atoms with Crippen LogP contribution in [0.1, 0.15) is 11.1 Å². The van der Waals surface area contributed by atoms with Gasteiger partial charge in [-0.15, -0.1) is 0 Å². The molecule has 0 fully saturated rings. The van der Waals surface area contributed by atoms with Crippen molar-refractivity contribution in [2.45, 2.75) is 13.8 Å². The van der Waals surface area contributed by atoms with Gasteiger partial charge in [0.15, 0.2) is 0 Å². The summed E-state index contributed by atoms with van der Waals surface area (Å²) in [5.74, 6) is 1.71. The lowest BCUT2D eigenvalue weighted by Gasteiger charge is -2.15. The SMILES string of the molecule is COc1cc2cc(C)ccc2cc1-c1cc2ccc(C)cc2cc1OC. The summed E-state index contributed by atoms with van der Waals surface area (Å²) in [6, 6.07) is 21.5. The Bertz CT molecular complexity index is 1030. The van der Waals surface area contributed by atoms with Crippen molar-refractivity contribution in [2.24, 2.45) is 0 Å². The molecule has 0 aliphatic carbocycles. The van der Waals surface area contributed by atoms with E-state index >= 15 is 0 Å². The van der Waals surface area contributed by atoms with E-state index in [1.54, 1.807) is 14.2 Å². The smallest absolute Gasteiger partial charge is 0.127 e. The Morgan fingerprint density at radius 3 is 1.31 bits per heavy atom. The zero-order chi connectivity index (χ0) is 18.3. The van der Waals surface area contributed by atoms with E-state index in [0.717, 1.165) is 22.6 Å². The van der Waals surface area contributed by atoms with Gasteiger partial charge >= 0.3 is 0 Å². The first-order chi connectivity index (χ1) is 12.6. The molecule has 0 amide bonds. The van der Waals surface area contributed by atoms with Crippen LogP contribution in [0.3, 0.4) is 0 Å². The molecule has 4 rings (SSSR count). The fraction of sp³-hybridized carbons (Fsp3) is 0.167. The Morgan fingerprint density at radius 1 is 0.500 bits per heavy atom. The fourth-order valence-electron chi connectivity index (χ4n) is 3.55. The number of hydrogen-bond donors (Lipinski definition) is 0. The zero-order valence-electron chi connectivity index (χ0n) is 15.6. The summed E-state index contributed by atoms with van der Waals surface area (Å²) in [6.45, 7) is 4.21. The summed E-state index contributed by atoms with van der Waals surface area (Å²) in [7, 11) is 3.44. The number of ether oxygens (including phenoxy) is 2. The highest BCUT2D eigenvalue weighted by molar-refractivity contribution is 5.96. The van der Waals surface area contributed by atoms with Crippen molar-refractivity contribution in [3.05, 3.63) is 71.8 Å². The number of methoxy groups -OCH3 is 2. The first kappa shape index (κ1) is 16.5. The summed E-state index contributed by atoms with van der Waals surface area (Å²) in [5, 5.41) is 4.75. The van der Waals surface area contributed by atoms with Crippen LogP contribution in [0, 0.1) is 13.8 Å². The average molecular weight is 342 g/mol. The van der Waals surface area contributed by atoms with Crippen LogP contribution in [-0.2, 0) is 0 Å². The van der Waals surface area contributed by atoms with Gasteiger partial charge in [-0.3, -0.25) is 0 Å². The number of rotatable bonds is 3. The van der Waals surface area contributed by atoms with Crippen molar-refractivity contribution in [3.8, 4) is 22.6 Å². The van der Waals surface area contributed by atoms with Crippen LogP contribution in [0.2, 0.25) is 0 Å². The van der Waals surface area contributed by atoms with Gasteiger partial charge in [0.2, 0.25) is 0 Å². The molecule has 130 valence electrons. The second-order valence-corrected chi connectivity index (χ2v) is 6.81. The second kappa shape index (κ2) is 6.38. The summed E-state index contributed by atoms with van der Waals surface area (Å²) >= 11 is 0. The second-order valence-electron chi connectivity index (χ2n) is 6.81. The van der Waals surface area contributed by atoms with Crippen molar-refractivity contribution < 1.29 is 9.47 Å². The Labute approximate surface area is 154 Å². The highest BCUT2D eigenvalue weighted by Crippen LogP contribution is 2.41. The molecule has 0 aromatic heterocycles. The largest absolute Gasteiger partial charge is 0.496 e. The monoisotopic (exact) mass is 342 g/mol. The topological polar surface area (TPSA) is 18.5 Å². The molecule has 0 atom stereocenters. The average Bonchev–Trinajstić information content (AvgIpc) is 2.65. The minimum Gasteiger partial charge on any atom is -0.496 e. The highest BCUT2D eigenvalue weighted by atomic mass is 16.5. The Morgan fingerprint density at radius 2 is 0.923 bits per heavy atom. The summed E-state index contributed by atoms with van der Waals surface area (Å²) in [6.07, 6.45) is 0. The van der Waals surface area contributed by atoms with Crippen molar-refractivity contribution in [3.63, 3.8) is 0 Å². The van der Waals surface area contributed by atoms with E-state index in [9.17, 15) is 0 Å². The molecule has 0 saturated heterocycles. The first-order valence-corrected chi connectivity index (χ1v) is 8.76. The predicted octanol–water partition coefficient (Wildman–Crippen LogP) is 6.29. The van der Waals surface area contributed by atoms with Crippen LogP contribution in [0.4, 0.5) is 0 Å². The summed E-state index contributed by atoms with van der Waals surface area (Å²) in [4.78, 5) is 0. The molecule has 26 heavy (non-hydrogen) atoms. The van der Waals surface area contributed by atoms with Crippen LogP contribution in [0.5, 0.6) is 11.5 Å². The number of hydrogen-bond acceptors (Lipinski definition) is 2. The number of fused-ring (bicyclic) bond motifs is 2. The molecule has 2 nitrogen and oxygen atoms in total. The molecule has 0 saturated carbocycles. The minimum atomic E-state index is 0.855. The van der Waals surface area contributed by atoms with Gasteiger partial charge in [0.05, 0.1) is 14.2 Å². The van der Waals surface area contributed by atoms with Gasteiger partial charge < -0.3 is 9.47 Å². The Balaban J connectivity index is 2.01. The lowest BCUT2D eigenvalue weighted by atomic mass is 9.95. The van der Waals surface area contributed by atoms with E-state index < -0.39 is 0 Å². The molecule has 0 aliphatic rings. The van der Waals surface area contributed by atoms with Gasteiger partial charge in [-0.1, -0.05) is 47.5 Å². The molecule has 0 spiro atoms. The molecule has 2 heteroatoms. The number of benzene rings is 4. The number of aryl methyl sites for hydroxylation is 2. The zero-order valence-corrected chi connectivity index (χ0v) is 15.6. The standard InChI is InChI=1S/C24H22O2/c1-15-5-7-17-11-21(23(25-3)13-19(17)9-15)22-12-18-8-6-16(2)10-20(18)14-24(22)26-4/h5-14H,1-4H3. The van der Waals surface area contributed by atoms with E-state index in [-0.39, 0.29) is 0 Å². The quantitative estimate of drug-likeness (QED) is 0.435. The van der Waals surface area contributed by atoms with E-state index in [1.807, 2.05) is 0 Å². The molecule has 4 aromatic carbocycles. The molecule has 0 radical (unpaired) electrons. The molecule has 0 N–H and O–H groups in total. The van der Waals surface area contributed by atoms with Gasteiger partial charge in [-0.05, 0) is 59.7 Å². The maximum Gasteiger partial charge on any atom is 0.127 e. The maximum atomic E-state index is 5.72. The lowest BCUT2D eigenvalue weighted by Crippen LogP contribution is -1.93. The van der Waals surface area contributed by atoms with Gasteiger partial charge in [-0.2, -0.15) is 0 Å². The molecule has 0 aliphatic heterocycles. The Kier molecular flexibility index (Phi) is 4.04. The minimum absolute atomic E-state index is 0.855. The van der Waals surface area contributed by atoms with Gasteiger partial charge in [0.1, 0.15) is 11.5 Å². The van der Waals surface area contributed by atoms with Crippen LogP contribution in [0.25, 0.3) is 32.7 Å². The van der Waals surface area contributed by atoms with E-state index in [0.29, 0.717) is 0 Å². The third kappa shape index (κ3) is 2.78. The van der Waals surface area contributed by atoms with E-state index in [1.165, 1.54) is 32.7 Å². The Hall–Kier alpha value is -3.00. The third-order valence-corrected chi connectivity index (χ3v) is 4.92. The first-order valence-electron chi connectivity index (χ1n) is 8.76. The van der Waals surface area contributed by atoms with Crippen molar-refractivity contribution >= 4 is 21.5 Å². The lowest BCUT2D eigenvalue weighted by molar-refractivity contribution is 0.411. The molecule has 4 aromatic rings. The van der Waals surface area contributed by atoms with E-state index in [4.69, 9.17) is 9.47 Å². The summed E-state index contributed by atoms with van der Waals surface area (Å²) < 4.78 is 11.4. The molecule has 0 heterocycles. The van der Waals surface area contributed by atoms with E-state index in [2.05, 4.69) is 74.5 Å². The van der Waals surface area contributed by atoms with Crippen LogP contribution in [-0.4, -0.2) is 14.2 Å². The summed E-state index contributed by atoms with van der Waals surface area (Å²) in [5.41, 5.74) is 4.57. The van der Waals surface area contributed by atoms with Gasteiger partial charge in [0.25, 0.3) is 0 Å². The molecular formula is C24H22O2. The fourth-order valence-corrected chi connectivity index (χ4v) is 3.55. The maximum absolute atomic E-state index is 5.72. The van der Waals surface area contributed by atoms with Gasteiger partial charge in [0, 0.05) is 11.1 Å². The third-order valence-electron chi connectivity index (χ3n) is 4.92. The predicted molar refractivity (Wildman–Crippen MR) is 109 cm³/mol.